The number of carbonyl (C=O) groups excluding carboxylic acids is 2. The molecular formula is C22H35N5O3. The molecule has 0 saturated carbocycles. The highest BCUT2D eigenvalue weighted by Gasteiger charge is 2.26. The van der Waals surface area contributed by atoms with Crippen molar-refractivity contribution in [3.05, 3.63) is 24.3 Å². The van der Waals surface area contributed by atoms with Crippen LogP contribution in [0.15, 0.2) is 24.3 Å². The summed E-state index contributed by atoms with van der Waals surface area (Å²) in [5, 5.41) is 5.95. The third-order valence-electron chi connectivity index (χ3n) is 5.78. The molecule has 0 bridgehead atoms. The van der Waals surface area contributed by atoms with Crippen LogP contribution in [0.25, 0.3) is 0 Å². The van der Waals surface area contributed by atoms with E-state index in [0.717, 1.165) is 76.8 Å². The van der Waals surface area contributed by atoms with Crippen LogP contribution >= 0.6 is 0 Å². The van der Waals surface area contributed by atoms with E-state index in [0.29, 0.717) is 6.54 Å². The van der Waals surface area contributed by atoms with Crippen molar-refractivity contribution in [2.75, 3.05) is 75.8 Å². The lowest BCUT2D eigenvalue weighted by atomic mass is 10.2. The molecule has 2 N–H and O–H groups in total. The zero-order valence-corrected chi connectivity index (χ0v) is 18.2. The molecule has 2 heterocycles. The number of rotatable bonds is 8. The van der Waals surface area contributed by atoms with E-state index in [4.69, 9.17) is 4.74 Å². The third kappa shape index (κ3) is 6.42. The van der Waals surface area contributed by atoms with Gasteiger partial charge in [-0.15, -0.1) is 0 Å². The fourth-order valence-electron chi connectivity index (χ4n) is 3.82. The van der Waals surface area contributed by atoms with Crippen LogP contribution in [0.2, 0.25) is 0 Å². The molecule has 2 aliphatic heterocycles. The molecule has 2 aliphatic rings. The molecule has 1 atom stereocenters. The van der Waals surface area contributed by atoms with Crippen LogP contribution in [0.3, 0.4) is 0 Å². The highest BCUT2D eigenvalue weighted by molar-refractivity contribution is 5.94. The van der Waals surface area contributed by atoms with E-state index in [-0.39, 0.29) is 17.9 Å². The summed E-state index contributed by atoms with van der Waals surface area (Å²) >= 11 is 0. The molecule has 30 heavy (non-hydrogen) atoms. The second-order valence-corrected chi connectivity index (χ2v) is 7.97. The molecule has 2 fully saturated rings. The Bertz CT molecular complexity index is 683. The lowest BCUT2D eigenvalue weighted by Gasteiger charge is -2.37. The predicted molar refractivity (Wildman–Crippen MR) is 119 cm³/mol. The van der Waals surface area contributed by atoms with Gasteiger partial charge < -0.3 is 20.3 Å². The minimum absolute atomic E-state index is 0.00302. The van der Waals surface area contributed by atoms with Gasteiger partial charge in [-0.05, 0) is 37.6 Å². The second-order valence-electron chi connectivity index (χ2n) is 7.97. The Kier molecular flexibility index (Phi) is 8.48. The van der Waals surface area contributed by atoms with Gasteiger partial charge in [0.1, 0.15) is 0 Å². The predicted octanol–water partition coefficient (Wildman–Crippen LogP) is 0.994. The highest BCUT2D eigenvalue weighted by atomic mass is 16.5. The van der Waals surface area contributed by atoms with Gasteiger partial charge in [0.05, 0.1) is 25.8 Å². The second kappa shape index (κ2) is 11.3. The van der Waals surface area contributed by atoms with Gasteiger partial charge in [-0.3, -0.25) is 19.4 Å². The Morgan fingerprint density at radius 2 is 1.70 bits per heavy atom. The first-order valence-electron chi connectivity index (χ1n) is 11.0. The number of amides is 2. The third-order valence-corrected chi connectivity index (χ3v) is 5.78. The Morgan fingerprint density at radius 3 is 2.33 bits per heavy atom. The van der Waals surface area contributed by atoms with Crippen LogP contribution < -0.4 is 15.5 Å². The summed E-state index contributed by atoms with van der Waals surface area (Å²) in [6, 6.07) is 7.81. The first-order valence-corrected chi connectivity index (χ1v) is 11.0. The van der Waals surface area contributed by atoms with Gasteiger partial charge in [-0.25, -0.2) is 0 Å². The van der Waals surface area contributed by atoms with Crippen molar-refractivity contribution in [1.82, 2.24) is 15.1 Å². The average Bonchev–Trinajstić information content (AvgIpc) is 2.79. The Balaban J connectivity index is 1.43. The van der Waals surface area contributed by atoms with E-state index in [2.05, 4.69) is 25.3 Å². The van der Waals surface area contributed by atoms with E-state index >= 15 is 0 Å². The zero-order chi connectivity index (χ0) is 21.3. The standard InChI is InChI=1S/C22H35N5O3/c1-3-8-23-21(28)17-25-9-11-26(12-10-25)18(2)22(29)24-19-4-6-20(7-5-19)27-13-15-30-16-14-27/h4-7,18H,3,8-17H2,1-2H3,(H,23,28)(H,24,29)/t18-/m1/s1. The Morgan fingerprint density at radius 1 is 1.03 bits per heavy atom. The molecule has 8 heteroatoms. The molecule has 0 aliphatic carbocycles. The summed E-state index contributed by atoms with van der Waals surface area (Å²) in [7, 11) is 0. The summed E-state index contributed by atoms with van der Waals surface area (Å²) in [4.78, 5) is 31.2. The first kappa shape index (κ1) is 22.5. The number of ether oxygens (including phenoxy) is 1. The highest BCUT2D eigenvalue weighted by Crippen LogP contribution is 2.19. The lowest BCUT2D eigenvalue weighted by molar-refractivity contribution is -0.124. The first-order chi connectivity index (χ1) is 14.6. The smallest absolute Gasteiger partial charge is 0.241 e. The topological polar surface area (TPSA) is 77.2 Å². The van der Waals surface area contributed by atoms with Crippen LogP contribution in [0, 0.1) is 0 Å². The fourth-order valence-corrected chi connectivity index (χ4v) is 3.82. The van der Waals surface area contributed by atoms with Crippen molar-refractivity contribution >= 4 is 23.2 Å². The molecule has 0 unspecified atom stereocenters. The van der Waals surface area contributed by atoms with Crippen molar-refractivity contribution in [2.45, 2.75) is 26.3 Å². The normalized spacial score (nSPS) is 19.3. The van der Waals surface area contributed by atoms with E-state index in [1.165, 1.54) is 0 Å². The summed E-state index contributed by atoms with van der Waals surface area (Å²) in [6.45, 7) is 11.6. The van der Waals surface area contributed by atoms with E-state index in [9.17, 15) is 9.59 Å². The molecule has 3 rings (SSSR count). The SMILES string of the molecule is CCCNC(=O)CN1CCN([C@H](C)C(=O)Nc2ccc(N3CCOCC3)cc2)CC1. The minimum Gasteiger partial charge on any atom is -0.378 e. The number of anilines is 2. The molecule has 166 valence electrons. The lowest BCUT2D eigenvalue weighted by Crippen LogP contribution is -2.54. The maximum atomic E-state index is 12.7. The van der Waals surface area contributed by atoms with Gasteiger partial charge in [-0.1, -0.05) is 6.92 Å². The number of piperazine rings is 1. The van der Waals surface area contributed by atoms with Gasteiger partial charge in [0.25, 0.3) is 0 Å². The van der Waals surface area contributed by atoms with Crippen LogP contribution in [0.4, 0.5) is 11.4 Å². The molecule has 2 saturated heterocycles. The molecular weight excluding hydrogens is 382 g/mol. The maximum Gasteiger partial charge on any atom is 0.241 e. The van der Waals surface area contributed by atoms with Crippen LogP contribution in [0.5, 0.6) is 0 Å². The van der Waals surface area contributed by atoms with Crippen LogP contribution in [0.1, 0.15) is 20.3 Å². The number of hydrogen-bond donors (Lipinski definition) is 2. The monoisotopic (exact) mass is 417 g/mol. The zero-order valence-electron chi connectivity index (χ0n) is 18.2. The molecule has 1 aromatic carbocycles. The number of carbonyl (C=O) groups is 2. The Hall–Kier alpha value is -2.16. The molecule has 0 radical (unpaired) electrons. The van der Waals surface area contributed by atoms with Crippen molar-refractivity contribution in [1.29, 1.82) is 0 Å². The number of hydrogen-bond acceptors (Lipinski definition) is 6. The van der Waals surface area contributed by atoms with Gasteiger partial charge >= 0.3 is 0 Å². The molecule has 0 aromatic heterocycles. The summed E-state index contributed by atoms with van der Waals surface area (Å²) < 4.78 is 5.40. The van der Waals surface area contributed by atoms with E-state index in [1.807, 2.05) is 38.1 Å². The van der Waals surface area contributed by atoms with Crippen LogP contribution in [-0.4, -0.2) is 93.2 Å². The number of nitrogens with one attached hydrogen (secondary N) is 2. The summed E-state index contributed by atoms with van der Waals surface area (Å²) in [6.07, 6.45) is 0.947. The minimum atomic E-state index is -0.208. The van der Waals surface area contributed by atoms with E-state index < -0.39 is 0 Å². The maximum absolute atomic E-state index is 12.7. The van der Waals surface area contributed by atoms with Crippen LogP contribution in [-0.2, 0) is 14.3 Å². The number of morpholine rings is 1. The number of benzene rings is 1. The van der Waals surface area contributed by atoms with Gasteiger partial charge in [0, 0.05) is 57.2 Å². The van der Waals surface area contributed by atoms with Gasteiger partial charge in [-0.2, -0.15) is 0 Å². The van der Waals surface area contributed by atoms with E-state index in [1.54, 1.807) is 0 Å². The quantitative estimate of drug-likeness (QED) is 0.657. The summed E-state index contributed by atoms with van der Waals surface area (Å²) in [5.41, 5.74) is 1.97. The van der Waals surface area contributed by atoms with Gasteiger partial charge in [0.2, 0.25) is 11.8 Å². The Labute approximate surface area is 179 Å². The number of nitrogens with zero attached hydrogens (tertiary/aromatic N) is 3. The van der Waals surface area contributed by atoms with Crippen molar-refractivity contribution < 1.29 is 14.3 Å². The molecule has 0 spiro atoms. The van der Waals surface area contributed by atoms with Crippen molar-refractivity contribution in [2.24, 2.45) is 0 Å². The van der Waals surface area contributed by atoms with Crippen molar-refractivity contribution in [3.63, 3.8) is 0 Å². The molecule has 1 aromatic rings. The molecule has 2 amide bonds. The van der Waals surface area contributed by atoms with Gasteiger partial charge in [0.15, 0.2) is 0 Å². The molecule has 8 nitrogen and oxygen atoms in total. The largest absolute Gasteiger partial charge is 0.378 e. The summed E-state index contributed by atoms with van der Waals surface area (Å²) in [5.74, 6) is 0.0832. The average molecular weight is 418 g/mol. The van der Waals surface area contributed by atoms with Crippen molar-refractivity contribution in [3.8, 4) is 0 Å². The fraction of sp³-hybridized carbons (Fsp3) is 0.636.